The number of piperidine rings is 2. The van der Waals surface area contributed by atoms with E-state index in [-0.39, 0.29) is 18.0 Å². The van der Waals surface area contributed by atoms with E-state index < -0.39 is 0 Å². The number of anilines is 2. The lowest BCUT2D eigenvalue weighted by Crippen LogP contribution is -2.43. The number of amides is 1. The molecule has 0 saturated carbocycles. The van der Waals surface area contributed by atoms with Crippen molar-refractivity contribution < 1.29 is 14.3 Å². The third-order valence-corrected chi connectivity index (χ3v) is 11.8. The van der Waals surface area contributed by atoms with Crippen LogP contribution in [0.4, 0.5) is 11.6 Å². The van der Waals surface area contributed by atoms with Gasteiger partial charge in [-0.3, -0.25) is 4.79 Å². The number of nitrogen functional groups attached to an aromatic ring is 2. The van der Waals surface area contributed by atoms with Crippen molar-refractivity contribution in [2.75, 3.05) is 44.2 Å². The number of ether oxygens (including phenoxy) is 2. The zero-order valence-corrected chi connectivity index (χ0v) is 34.1. The molecule has 4 N–H and O–H groups in total. The summed E-state index contributed by atoms with van der Waals surface area (Å²) in [6.45, 7) is 3.52. The van der Waals surface area contributed by atoms with Crippen molar-refractivity contribution in [2.45, 2.75) is 44.2 Å². The van der Waals surface area contributed by atoms with Crippen LogP contribution in [0.1, 0.15) is 44.2 Å². The molecule has 2 fully saturated rings. The highest BCUT2D eigenvalue weighted by molar-refractivity contribution is 5.99. The third-order valence-electron chi connectivity index (χ3n) is 11.8. The van der Waals surface area contributed by atoms with Crippen LogP contribution in [0.3, 0.4) is 0 Å². The van der Waals surface area contributed by atoms with Gasteiger partial charge < -0.3 is 30.7 Å². The van der Waals surface area contributed by atoms with Crippen LogP contribution >= 0.6 is 0 Å². The van der Waals surface area contributed by atoms with Gasteiger partial charge >= 0.3 is 0 Å². The Bertz CT molecular complexity index is 2830. The molecule has 0 radical (unpaired) electrons. The van der Waals surface area contributed by atoms with Crippen molar-refractivity contribution in [2.24, 2.45) is 0 Å². The first-order valence-corrected chi connectivity index (χ1v) is 21.1. The average Bonchev–Trinajstić information content (AvgIpc) is 3.91. The maximum absolute atomic E-state index is 13.9. The molecule has 2 atom stereocenters. The van der Waals surface area contributed by atoms with Crippen LogP contribution in [0.5, 0.6) is 23.0 Å². The van der Waals surface area contributed by atoms with Gasteiger partial charge in [-0.25, -0.2) is 29.3 Å². The molecule has 0 bridgehead atoms. The number of benzene rings is 4. The molecule has 8 aromatic rings. The molecule has 312 valence electrons. The van der Waals surface area contributed by atoms with Crippen LogP contribution in [0.15, 0.2) is 122 Å². The topological polar surface area (TPSA) is 181 Å². The second-order valence-electron chi connectivity index (χ2n) is 15.9. The number of fused-ring (bicyclic) bond motifs is 2. The summed E-state index contributed by atoms with van der Waals surface area (Å²) in [5, 5.41) is 11.6. The van der Waals surface area contributed by atoms with Crippen LogP contribution in [0.25, 0.3) is 44.6 Å². The summed E-state index contributed by atoms with van der Waals surface area (Å²) in [6, 6.07) is 34.9. The lowest BCUT2D eigenvalue weighted by Gasteiger charge is -2.35. The summed E-state index contributed by atoms with van der Waals surface area (Å²) in [4.78, 5) is 36.2. The zero-order valence-electron chi connectivity index (χ0n) is 34.1. The largest absolute Gasteiger partial charge is 0.457 e. The summed E-state index contributed by atoms with van der Waals surface area (Å²) in [5.74, 6) is 3.85. The smallest absolute Gasteiger partial charge is 0.223 e. The molecule has 62 heavy (non-hydrogen) atoms. The van der Waals surface area contributed by atoms with Gasteiger partial charge in [-0.05, 0) is 105 Å². The number of para-hydroxylation sites is 2. The van der Waals surface area contributed by atoms with Gasteiger partial charge in [0.15, 0.2) is 11.3 Å². The van der Waals surface area contributed by atoms with Gasteiger partial charge in [0.1, 0.15) is 58.7 Å². The summed E-state index contributed by atoms with van der Waals surface area (Å²) in [6.07, 6.45) is 7.00. The fourth-order valence-corrected chi connectivity index (χ4v) is 8.74. The molecule has 15 nitrogen and oxygen atoms in total. The maximum atomic E-state index is 13.9. The second kappa shape index (κ2) is 16.9. The van der Waals surface area contributed by atoms with Crippen LogP contribution in [-0.4, -0.2) is 87.9 Å². The van der Waals surface area contributed by atoms with Crippen molar-refractivity contribution >= 4 is 39.6 Å². The molecule has 0 aliphatic carbocycles. The summed E-state index contributed by atoms with van der Waals surface area (Å²) < 4.78 is 16.0. The standard InChI is InChI=1S/C47H46N12O3/c48-44-40-42(31-15-19-37(20-16-31)61-35-11-3-1-4-12-35)54-58(46(40)52-29-50-44)33-9-7-24-56(27-33)26-23-39(60)57-25-8-10-34(28-57)59-47-41(45(49)51-30-53-47)43(55-59)32-17-21-38(22-18-32)62-36-13-5-2-6-14-36/h1-6,11-22,29-30,33-34H,7-10,23-28H2,(H2,48,50,52)(H2,49,51,53)/t33-,34+/m0/s1. The first kappa shape index (κ1) is 38.8. The Morgan fingerprint density at radius 1 is 0.581 bits per heavy atom. The van der Waals surface area contributed by atoms with E-state index in [0.29, 0.717) is 65.8 Å². The van der Waals surface area contributed by atoms with Crippen molar-refractivity contribution in [3.63, 3.8) is 0 Å². The molecule has 2 saturated heterocycles. The maximum Gasteiger partial charge on any atom is 0.223 e. The molecule has 2 aliphatic rings. The van der Waals surface area contributed by atoms with E-state index in [9.17, 15) is 4.79 Å². The van der Waals surface area contributed by atoms with Crippen molar-refractivity contribution in [1.82, 2.24) is 49.3 Å². The van der Waals surface area contributed by atoms with Crippen molar-refractivity contribution in [1.29, 1.82) is 0 Å². The van der Waals surface area contributed by atoms with Crippen LogP contribution in [-0.2, 0) is 4.79 Å². The predicted molar refractivity (Wildman–Crippen MR) is 238 cm³/mol. The Balaban J connectivity index is 0.812. The number of likely N-dealkylation sites (tertiary alicyclic amines) is 2. The van der Waals surface area contributed by atoms with E-state index >= 15 is 0 Å². The van der Waals surface area contributed by atoms with Gasteiger partial charge in [0.25, 0.3) is 0 Å². The predicted octanol–water partition coefficient (Wildman–Crippen LogP) is 7.94. The lowest BCUT2D eigenvalue weighted by molar-refractivity contribution is -0.133. The quantitative estimate of drug-likeness (QED) is 0.129. The molecule has 10 rings (SSSR count). The highest BCUT2D eigenvalue weighted by atomic mass is 16.5. The SMILES string of the molecule is Nc1ncnc2c1c(-c1ccc(Oc3ccccc3)cc1)nn2[C@@H]1CCCN(C(=O)CCN2CCC[C@H](n3nc(-c4ccc(Oc5ccccc5)cc4)c4c(N)ncnc43)C2)C1. The van der Waals surface area contributed by atoms with Gasteiger partial charge in [-0.2, -0.15) is 10.2 Å². The van der Waals surface area contributed by atoms with Crippen LogP contribution in [0.2, 0.25) is 0 Å². The zero-order chi connectivity index (χ0) is 42.0. The fraction of sp³-hybridized carbons (Fsp3) is 0.255. The molecule has 0 spiro atoms. The number of nitrogens with two attached hydrogens (primary N) is 2. The summed E-state index contributed by atoms with van der Waals surface area (Å²) in [7, 11) is 0. The van der Waals surface area contributed by atoms with E-state index in [1.54, 1.807) is 0 Å². The molecule has 6 heterocycles. The number of aromatic nitrogens is 8. The summed E-state index contributed by atoms with van der Waals surface area (Å²) >= 11 is 0. The highest BCUT2D eigenvalue weighted by Crippen LogP contribution is 2.37. The Morgan fingerprint density at radius 3 is 1.56 bits per heavy atom. The van der Waals surface area contributed by atoms with Gasteiger partial charge in [0, 0.05) is 43.7 Å². The Kier molecular flexibility index (Phi) is 10.6. The first-order chi connectivity index (χ1) is 30.4. The Labute approximate surface area is 357 Å². The monoisotopic (exact) mass is 826 g/mol. The fourth-order valence-electron chi connectivity index (χ4n) is 8.74. The molecule has 0 unspecified atom stereocenters. The Morgan fingerprint density at radius 2 is 1.05 bits per heavy atom. The van der Waals surface area contributed by atoms with Crippen LogP contribution < -0.4 is 20.9 Å². The molecular weight excluding hydrogens is 781 g/mol. The highest BCUT2D eigenvalue weighted by Gasteiger charge is 2.31. The summed E-state index contributed by atoms with van der Waals surface area (Å²) in [5.41, 5.74) is 17.5. The van der Waals surface area contributed by atoms with E-state index in [0.717, 1.165) is 78.2 Å². The minimum atomic E-state index is -0.0670. The third kappa shape index (κ3) is 7.85. The number of carbonyl (C=O) groups is 1. The molecule has 2 aliphatic heterocycles. The van der Waals surface area contributed by atoms with E-state index in [1.807, 2.05) is 123 Å². The number of hydrogen-bond acceptors (Lipinski definition) is 12. The molecule has 4 aromatic carbocycles. The number of carbonyl (C=O) groups excluding carboxylic acids is 1. The minimum Gasteiger partial charge on any atom is -0.457 e. The normalized spacial score (nSPS) is 17.1. The van der Waals surface area contributed by atoms with Gasteiger partial charge in [-0.1, -0.05) is 36.4 Å². The van der Waals surface area contributed by atoms with E-state index in [1.165, 1.54) is 12.7 Å². The second-order valence-corrected chi connectivity index (χ2v) is 15.9. The average molecular weight is 827 g/mol. The minimum absolute atomic E-state index is 0.0498. The number of nitrogens with zero attached hydrogens (tertiary/aromatic N) is 10. The lowest BCUT2D eigenvalue weighted by atomic mass is 10.0. The Hall–Kier alpha value is -7.39. The molecule has 15 heteroatoms. The molecular formula is C47H46N12O3. The van der Waals surface area contributed by atoms with Gasteiger partial charge in [0.05, 0.1) is 22.9 Å². The molecule has 1 amide bonds. The van der Waals surface area contributed by atoms with E-state index in [2.05, 4.69) is 24.8 Å². The van der Waals surface area contributed by atoms with Crippen molar-refractivity contribution in [3.8, 4) is 45.5 Å². The molecule has 4 aromatic heterocycles. The van der Waals surface area contributed by atoms with Crippen LogP contribution in [0, 0.1) is 0 Å². The van der Waals surface area contributed by atoms with Crippen molar-refractivity contribution in [3.05, 3.63) is 122 Å². The number of rotatable bonds is 11. The van der Waals surface area contributed by atoms with Gasteiger partial charge in [0.2, 0.25) is 5.91 Å². The number of hydrogen-bond donors (Lipinski definition) is 2. The van der Waals surface area contributed by atoms with E-state index in [4.69, 9.17) is 31.1 Å². The van der Waals surface area contributed by atoms with Gasteiger partial charge in [-0.15, -0.1) is 0 Å². The first-order valence-electron chi connectivity index (χ1n) is 21.1.